The third kappa shape index (κ3) is 5.76. The number of nitrogens with one attached hydrogen (secondary N) is 2. The Morgan fingerprint density at radius 3 is 2.50 bits per heavy atom. The lowest BCUT2D eigenvalue weighted by Crippen LogP contribution is -2.20. The molecule has 9 nitrogen and oxygen atoms in total. The molecule has 164 valence electrons. The van der Waals surface area contributed by atoms with Crippen molar-refractivity contribution in [3.63, 3.8) is 0 Å². The summed E-state index contributed by atoms with van der Waals surface area (Å²) in [6.07, 6.45) is 2.64. The third-order valence-corrected chi connectivity index (χ3v) is 6.16. The minimum atomic E-state index is -1.80. The fraction of sp³-hybridized carbons (Fsp3) is 0.0909. The highest BCUT2D eigenvalue weighted by atomic mass is 32.2. The van der Waals surface area contributed by atoms with E-state index in [0.717, 1.165) is 0 Å². The van der Waals surface area contributed by atoms with E-state index in [1.165, 1.54) is 12.3 Å². The molecule has 10 heteroatoms. The van der Waals surface area contributed by atoms with Crippen LogP contribution in [0, 0.1) is 0 Å². The Balaban J connectivity index is 1.89. The van der Waals surface area contributed by atoms with Crippen LogP contribution < -0.4 is 16.4 Å². The minimum absolute atomic E-state index is 0.242. The molecule has 0 saturated carbocycles. The fourth-order valence-electron chi connectivity index (χ4n) is 3.02. The summed E-state index contributed by atoms with van der Waals surface area (Å²) < 4.78 is 13.4. The largest absolute Gasteiger partial charge is 0.481 e. The van der Waals surface area contributed by atoms with Gasteiger partial charge in [-0.05, 0) is 42.0 Å². The molecule has 0 spiro atoms. The monoisotopic (exact) mass is 452 g/mol. The molecule has 0 radical (unpaired) electrons. The van der Waals surface area contributed by atoms with Crippen molar-refractivity contribution in [1.29, 1.82) is 0 Å². The number of rotatable bonds is 8. The van der Waals surface area contributed by atoms with Gasteiger partial charge in [-0.25, -0.2) is 4.79 Å². The van der Waals surface area contributed by atoms with Crippen LogP contribution in [0.5, 0.6) is 0 Å². The van der Waals surface area contributed by atoms with Crippen LogP contribution in [-0.4, -0.2) is 32.2 Å². The summed E-state index contributed by atoms with van der Waals surface area (Å²) in [5.41, 5.74) is 6.49. The highest BCUT2D eigenvalue weighted by molar-refractivity contribution is 7.85. The molecular weight excluding hydrogens is 432 g/mol. The maximum atomic E-state index is 13.4. The first kappa shape index (κ1) is 22.6. The Bertz CT molecular complexity index is 1170. The number of para-hydroxylation sites is 1. The number of carboxylic acid groups (broad SMARTS) is 1. The zero-order chi connectivity index (χ0) is 23.1. The Labute approximate surface area is 186 Å². The molecule has 3 rings (SSSR count). The van der Waals surface area contributed by atoms with Crippen LogP contribution in [0.25, 0.3) is 0 Å². The van der Waals surface area contributed by atoms with Crippen LogP contribution in [0.1, 0.15) is 27.6 Å². The second-order valence-corrected chi connectivity index (χ2v) is 8.29. The van der Waals surface area contributed by atoms with Crippen LogP contribution in [0.15, 0.2) is 78.0 Å². The zero-order valence-electron chi connectivity index (χ0n) is 16.7. The number of carbonyl (C=O) groups excluding carboxylic acids is 2. The highest BCUT2D eigenvalue weighted by Crippen LogP contribution is 2.32. The van der Waals surface area contributed by atoms with E-state index in [4.69, 9.17) is 5.73 Å². The van der Waals surface area contributed by atoms with Crippen molar-refractivity contribution in [2.75, 3.05) is 10.6 Å². The SMILES string of the molecule is NC(=O)Nc1cccc(C(=O)Nc2ccccc2S(=O)C(CC(=O)O)c2cccnc2)c1. The number of pyridine rings is 1. The summed E-state index contributed by atoms with van der Waals surface area (Å²) in [5.74, 6) is -1.61. The summed E-state index contributed by atoms with van der Waals surface area (Å²) >= 11 is 0. The Morgan fingerprint density at radius 1 is 1.03 bits per heavy atom. The van der Waals surface area contributed by atoms with Crippen molar-refractivity contribution < 1.29 is 23.7 Å². The van der Waals surface area contributed by atoms with Gasteiger partial charge in [-0.1, -0.05) is 24.3 Å². The quantitative estimate of drug-likeness (QED) is 0.412. The predicted octanol–water partition coefficient (Wildman–Crippen LogP) is 3.15. The third-order valence-electron chi connectivity index (χ3n) is 4.42. The molecule has 2 aromatic carbocycles. The van der Waals surface area contributed by atoms with Gasteiger partial charge in [-0.15, -0.1) is 0 Å². The number of primary amides is 1. The Morgan fingerprint density at radius 2 is 1.81 bits per heavy atom. The molecule has 3 amide bonds. The van der Waals surface area contributed by atoms with Gasteiger partial charge in [0.1, 0.15) is 0 Å². The van der Waals surface area contributed by atoms with Crippen LogP contribution in [0.2, 0.25) is 0 Å². The van der Waals surface area contributed by atoms with Gasteiger partial charge in [0.2, 0.25) is 0 Å². The molecule has 0 aliphatic rings. The van der Waals surface area contributed by atoms with Crippen LogP contribution >= 0.6 is 0 Å². The second-order valence-electron chi connectivity index (χ2n) is 6.69. The molecule has 0 bridgehead atoms. The summed E-state index contributed by atoms with van der Waals surface area (Å²) in [6, 6.07) is 15.2. The maximum absolute atomic E-state index is 13.4. The molecule has 1 heterocycles. The Kier molecular flexibility index (Phi) is 7.29. The minimum Gasteiger partial charge on any atom is -0.481 e. The second kappa shape index (κ2) is 10.3. The van der Waals surface area contributed by atoms with Gasteiger partial charge in [-0.3, -0.25) is 18.8 Å². The smallest absolute Gasteiger partial charge is 0.316 e. The van der Waals surface area contributed by atoms with Crippen LogP contribution in [-0.2, 0) is 15.6 Å². The van der Waals surface area contributed by atoms with E-state index >= 15 is 0 Å². The number of carbonyl (C=O) groups is 3. The van der Waals surface area contributed by atoms with Gasteiger partial charge in [0.15, 0.2) is 0 Å². The number of carboxylic acids is 1. The number of anilines is 2. The van der Waals surface area contributed by atoms with Gasteiger partial charge in [-0.2, -0.15) is 0 Å². The van der Waals surface area contributed by atoms with Crippen LogP contribution in [0.3, 0.4) is 0 Å². The number of amides is 3. The van der Waals surface area contributed by atoms with Crippen molar-refractivity contribution in [2.24, 2.45) is 5.73 Å². The number of nitrogens with two attached hydrogens (primary N) is 1. The molecule has 0 fully saturated rings. The molecule has 2 atom stereocenters. The first-order valence-electron chi connectivity index (χ1n) is 9.44. The normalized spacial score (nSPS) is 12.4. The first-order valence-corrected chi connectivity index (χ1v) is 10.7. The van der Waals surface area contributed by atoms with E-state index in [9.17, 15) is 23.7 Å². The van der Waals surface area contributed by atoms with E-state index in [1.54, 1.807) is 60.8 Å². The van der Waals surface area contributed by atoms with Crippen molar-refractivity contribution in [2.45, 2.75) is 16.6 Å². The molecule has 5 N–H and O–H groups in total. The topological polar surface area (TPSA) is 151 Å². The molecule has 0 aliphatic heterocycles. The lowest BCUT2D eigenvalue weighted by Gasteiger charge is -2.18. The summed E-state index contributed by atoms with van der Waals surface area (Å²) in [7, 11) is -1.80. The first-order chi connectivity index (χ1) is 15.3. The summed E-state index contributed by atoms with van der Waals surface area (Å²) in [6.45, 7) is 0. The number of nitrogens with zero attached hydrogens (tertiary/aromatic N) is 1. The average Bonchev–Trinajstić information content (AvgIpc) is 2.77. The molecular formula is C22H20N4O5S. The van der Waals surface area contributed by atoms with Crippen molar-refractivity contribution in [3.05, 3.63) is 84.2 Å². The average molecular weight is 452 g/mol. The number of hydrogen-bond donors (Lipinski definition) is 4. The van der Waals surface area contributed by atoms with Crippen molar-refractivity contribution in [1.82, 2.24) is 4.98 Å². The highest BCUT2D eigenvalue weighted by Gasteiger charge is 2.26. The predicted molar refractivity (Wildman–Crippen MR) is 120 cm³/mol. The lowest BCUT2D eigenvalue weighted by atomic mass is 10.1. The summed E-state index contributed by atoms with van der Waals surface area (Å²) in [5, 5.41) is 13.6. The van der Waals surface area contributed by atoms with E-state index in [0.29, 0.717) is 11.3 Å². The standard InChI is InChI=1S/C22H20N4O5S/c23-22(30)25-16-7-3-5-14(11-16)21(29)26-17-8-1-2-9-18(17)32(31)19(12-20(27)28)15-6-4-10-24-13-15/h1-11,13,19H,12H2,(H,26,29)(H,27,28)(H3,23,25,30). The van der Waals surface area contributed by atoms with Crippen molar-refractivity contribution in [3.8, 4) is 0 Å². The molecule has 0 aliphatic carbocycles. The van der Waals surface area contributed by atoms with Gasteiger partial charge in [0.25, 0.3) is 5.91 Å². The van der Waals surface area contributed by atoms with Gasteiger partial charge in [0.05, 0.1) is 33.1 Å². The number of aliphatic carboxylic acids is 1. The maximum Gasteiger partial charge on any atom is 0.316 e. The molecule has 3 aromatic rings. The van der Waals surface area contributed by atoms with E-state index in [1.807, 2.05) is 0 Å². The zero-order valence-corrected chi connectivity index (χ0v) is 17.5. The van der Waals surface area contributed by atoms with Crippen molar-refractivity contribution >= 4 is 40.1 Å². The number of benzene rings is 2. The number of hydrogen-bond acceptors (Lipinski definition) is 5. The molecule has 2 unspecified atom stereocenters. The Hall–Kier alpha value is -4.05. The molecule has 1 aromatic heterocycles. The summed E-state index contributed by atoms with van der Waals surface area (Å²) in [4.78, 5) is 39.5. The van der Waals surface area contributed by atoms with E-state index in [2.05, 4.69) is 15.6 Å². The number of urea groups is 1. The lowest BCUT2D eigenvalue weighted by molar-refractivity contribution is -0.137. The van der Waals surface area contributed by atoms with Gasteiger partial charge in [0, 0.05) is 23.6 Å². The number of aromatic nitrogens is 1. The fourth-order valence-corrected chi connectivity index (χ4v) is 4.55. The molecule has 32 heavy (non-hydrogen) atoms. The van der Waals surface area contributed by atoms with Gasteiger partial charge < -0.3 is 21.5 Å². The van der Waals surface area contributed by atoms with E-state index in [-0.39, 0.29) is 22.6 Å². The van der Waals surface area contributed by atoms with Gasteiger partial charge >= 0.3 is 12.0 Å². The van der Waals surface area contributed by atoms with E-state index < -0.39 is 34.0 Å². The molecule has 0 saturated heterocycles. The van der Waals surface area contributed by atoms with Crippen LogP contribution in [0.4, 0.5) is 16.2 Å².